The van der Waals surface area contributed by atoms with Crippen molar-refractivity contribution in [2.45, 2.75) is 32.2 Å². The van der Waals surface area contributed by atoms with Crippen molar-refractivity contribution in [3.8, 4) is 0 Å². The van der Waals surface area contributed by atoms with Crippen LogP contribution in [0.4, 0.5) is 0 Å². The highest BCUT2D eigenvalue weighted by molar-refractivity contribution is 6.36. The van der Waals surface area contributed by atoms with E-state index in [-0.39, 0.29) is 0 Å². The fourth-order valence-electron chi connectivity index (χ4n) is 2.22. The van der Waals surface area contributed by atoms with Crippen molar-refractivity contribution in [3.63, 3.8) is 0 Å². The number of unbranched alkanes of at least 4 members (excludes halogenated alkanes) is 1. The lowest BCUT2D eigenvalue weighted by molar-refractivity contribution is -0.139. The molecule has 0 aliphatic heterocycles. The van der Waals surface area contributed by atoms with E-state index in [4.69, 9.17) is 11.6 Å². The maximum absolute atomic E-state index is 12.4. The number of pyridine rings is 1. The van der Waals surface area contributed by atoms with Gasteiger partial charge in [0.2, 0.25) is 0 Å². The number of fused-ring (bicyclic) bond motifs is 1. The minimum Gasteiger partial charge on any atom is -0.480 e. The summed E-state index contributed by atoms with van der Waals surface area (Å²) in [5.41, 5.74) is 0.787. The van der Waals surface area contributed by atoms with Gasteiger partial charge in [-0.2, -0.15) is 0 Å². The van der Waals surface area contributed by atoms with Crippen LogP contribution < -0.4 is 5.32 Å². The fraction of sp³-hybridized carbons (Fsp3) is 0.312. The SMILES string of the molecule is CCCC[C@H](NC(=O)c1ccc(Cl)c2cccnc12)C(=O)O. The smallest absolute Gasteiger partial charge is 0.326 e. The number of carbonyl (C=O) groups is 2. The molecule has 5 nitrogen and oxygen atoms in total. The van der Waals surface area contributed by atoms with Gasteiger partial charge >= 0.3 is 5.97 Å². The van der Waals surface area contributed by atoms with Gasteiger partial charge in [0.1, 0.15) is 6.04 Å². The van der Waals surface area contributed by atoms with Gasteiger partial charge in [0, 0.05) is 11.6 Å². The Labute approximate surface area is 133 Å². The molecule has 0 aliphatic carbocycles. The van der Waals surface area contributed by atoms with Crippen molar-refractivity contribution < 1.29 is 14.7 Å². The van der Waals surface area contributed by atoms with Crippen molar-refractivity contribution in [1.29, 1.82) is 0 Å². The highest BCUT2D eigenvalue weighted by Gasteiger charge is 2.21. The summed E-state index contributed by atoms with van der Waals surface area (Å²) in [5, 5.41) is 12.9. The third kappa shape index (κ3) is 3.54. The topological polar surface area (TPSA) is 79.3 Å². The molecule has 1 atom stereocenters. The zero-order valence-corrected chi connectivity index (χ0v) is 12.9. The summed E-state index contributed by atoms with van der Waals surface area (Å²) < 4.78 is 0. The number of hydrogen-bond acceptors (Lipinski definition) is 3. The van der Waals surface area contributed by atoms with Gasteiger partial charge < -0.3 is 10.4 Å². The number of nitrogens with zero attached hydrogens (tertiary/aromatic N) is 1. The Bertz CT molecular complexity index is 703. The van der Waals surface area contributed by atoms with E-state index < -0.39 is 17.9 Å². The van der Waals surface area contributed by atoms with E-state index in [1.807, 2.05) is 6.92 Å². The van der Waals surface area contributed by atoms with E-state index in [2.05, 4.69) is 10.3 Å². The van der Waals surface area contributed by atoms with E-state index >= 15 is 0 Å². The first-order chi connectivity index (χ1) is 10.5. The second kappa shape index (κ2) is 7.22. The monoisotopic (exact) mass is 320 g/mol. The average Bonchev–Trinajstić information content (AvgIpc) is 2.51. The van der Waals surface area contributed by atoms with Crippen LogP contribution >= 0.6 is 11.6 Å². The van der Waals surface area contributed by atoms with E-state index in [0.29, 0.717) is 27.9 Å². The molecular weight excluding hydrogens is 304 g/mol. The standard InChI is InChI=1S/C16H17ClN2O3/c1-2-3-6-13(16(21)22)19-15(20)11-7-8-12(17)10-5-4-9-18-14(10)11/h4-5,7-9,13H,2-3,6H2,1H3,(H,19,20)(H,21,22)/t13-/m0/s1. The quantitative estimate of drug-likeness (QED) is 0.856. The van der Waals surface area contributed by atoms with E-state index in [0.717, 1.165) is 12.8 Å². The maximum Gasteiger partial charge on any atom is 0.326 e. The molecule has 0 unspecified atom stereocenters. The minimum atomic E-state index is -1.03. The molecule has 22 heavy (non-hydrogen) atoms. The van der Waals surface area contributed by atoms with Crippen LogP contribution in [0.5, 0.6) is 0 Å². The summed E-state index contributed by atoms with van der Waals surface area (Å²) in [5.74, 6) is -1.49. The van der Waals surface area contributed by atoms with Crippen molar-refractivity contribution in [1.82, 2.24) is 10.3 Å². The Morgan fingerprint density at radius 1 is 1.36 bits per heavy atom. The molecule has 2 aromatic rings. The van der Waals surface area contributed by atoms with Gasteiger partial charge in [0.25, 0.3) is 5.91 Å². The zero-order valence-electron chi connectivity index (χ0n) is 12.2. The van der Waals surface area contributed by atoms with Gasteiger partial charge in [-0.25, -0.2) is 4.79 Å². The first-order valence-electron chi connectivity index (χ1n) is 7.11. The van der Waals surface area contributed by atoms with Crippen molar-refractivity contribution in [2.24, 2.45) is 0 Å². The third-order valence-corrected chi connectivity index (χ3v) is 3.74. The highest BCUT2D eigenvalue weighted by atomic mass is 35.5. The maximum atomic E-state index is 12.4. The number of carbonyl (C=O) groups excluding carboxylic acids is 1. The second-order valence-corrected chi connectivity index (χ2v) is 5.41. The van der Waals surface area contributed by atoms with E-state index in [1.165, 1.54) is 0 Å². The van der Waals surface area contributed by atoms with Crippen LogP contribution in [0.15, 0.2) is 30.5 Å². The summed E-state index contributed by atoms with van der Waals surface area (Å²) in [6, 6.07) is 5.78. The second-order valence-electron chi connectivity index (χ2n) is 5.00. The molecule has 1 heterocycles. The lowest BCUT2D eigenvalue weighted by atomic mass is 10.1. The molecule has 1 aromatic carbocycles. The van der Waals surface area contributed by atoms with Crippen LogP contribution in [0.25, 0.3) is 10.9 Å². The summed E-state index contributed by atoms with van der Waals surface area (Å²) in [6.45, 7) is 1.97. The summed E-state index contributed by atoms with van der Waals surface area (Å²) >= 11 is 6.09. The molecule has 1 amide bonds. The van der Waals surface area contributed by atoms with Crippen molar-refractivity contribution in [3.05, 3.63) is 41.0 Å². The van der Waals surface area contributed by atoms with E-state index in [1.54, 1.807) is 30.5 Å². The minimum absolute atomic E-state index is 0.322. The summed E-state index contributed by atoms with van der Waals surface area (Å²) in [7, 11) is 0. The van der Waals surface area contributed by atoms with Crippen LogP contribution in [0.2, 0.25) is 5.02 Å². The number of nitrogens with one attached hydrogen (secondary N) is 1. The summed E-state index contributed by atoms with van der Waals surface area (Å²) in [6.07, 6.45) is 3.57. The van der Waals surface area contributed by atoms with Crippen LogP contribution in [-0.4, -0.2) is 28.0 Å². The molecule has 1 aromatic heterocycles. The number of aliphatic carboxylic acids is 1. The van der Waals surface area contributed by atoms with Gasteiger partial charge in [0.15, 0.2) is 0 Å². The molecule has 0 aliphatic rings. The molecular formula is C16H17ClN2O3. The number of amides is 1. The molecule has 6 heteroatoms. The lowest BCUT2D eigenvalue weighted by Crippen LogP contribution is -2.40. The Balaban J connectivity index is 2.29. The van der Waals surface area contributed by atoms with Crippen molar-refractivity contribution >= 4 is 34.4 Å². The first-order valence-corrected chi connectivity index (χ1v) is 7.49. The number of carboxylic acid groups (broad SMARTS) is 1. The molecule has 0 bridgehead atoms. The zero-order chi connectivity index (χ0) is 16.1. The van der Waals surface area contributed by atoms with Crippen LogP contribution in [0.1, 0.15) is 36.5 Å². The highest BCUT2D eigenvalue weighted by Crippen LogP contribution is 2.24. The largest absolute Gasteiger partial charge is 0.480 e. The van der Waals surface area contributed by atoms with Crippen molar-refractivity contribution in [2.75, 3.05) is 0 Å². The Morgan fingerprint density at radius 3 is 2.82 bits per heavy atom. The predicted octanol–water partition coefficient (Wildman–Crippen LogP) is 3.26. The summed E-state index contributed by atoms with van der Waals surface area (Å²) in [4.78, 5) is 27.8. The number of carboxylic acids is 1. The number of aromatic nitrogens is 1. The van der Waals surface area contributed by atoms with Crippen LogP contribution in [0, 0.1) is 0 Å². The Kier molecular flexibility index (Phi) is 5.33. The number of rotatable bonds is 6. The average molecular weight is 321 g/mol. The van der Waals surface area contributed by atoms with Gasteiger partial charge in [-0.3, -0.25) is 9.78 Å². The number of benzene rings is 1. The molecule has 2 N–H and O–H groups in total. The molecule has 0 radical (unpaired) electrons. The first kappa shape index (κ1) is 16.2. The van der Waals surface area contributed by atoms with Crippen LogP contribution in [-0.2, 0) is 4.79 Å². The molecule has 0 fully saturated rings. The van der Waals surface area contributed by atoms with Gasteiger partial charge in [0.05, 0.1) is 16.1 Å². The normalized spacial score (nSPS) is 12.1. The Morgan fingerprint density at radius 2 is 2.14 bits per heavy atom. The van der Waals surface area contributed by atoms with Gasteiger partial charge in [-0.1, -0.05) is 31.4 Å². The fourth-order valence-corrected chi connectivity index (χ4v) is 2.44. The molecule has 0 saturated heterocycles. The van der Waals surface area contributed by atoms with Crippen LogP contribution in [0.3, 0.4) is 0 Å². The van der Waals surface area contributed by atoms with Gasteiger partial charge in [-0.05, 0) is 30.7 Å². The predicted molar refractivity (Wildman–Crippen MR) is 85.2 cm³/mol. The molecule has 2 rings (SSSR count). The lowest BCUT2D eigenvalue weighted by Gasteiger charge is -2.15. The Hall–Kier alpha value is -2.14. The molecule has 116 valence electrons. The molecule has 0 saturated carbocycles. The van der Waals surface area contributed by atoms with Gasteiger partial charge in [-0.15, -0.1) is 0 Å². The third-order valence-electron chi connectivity index (χ3n) is 3.41. The number of hydrogen-bond donors (Lipinski definition) is 2. The number of halogens is 1. The van der Waals surface area contributed by atoms with E-state index in [9.17, 15) is 14.7 Å². The molecule has 0 spiro atoms.